The van der Waals surface area contributed by atoms with Gasteiger partial charge in [0, 0.05) is 13.5 Å². The summed E-state index contributed by atoms with van der Waals surface area (Å²) in [6.07, 6.45) is 0.639. The minimum Gasteiger partial charge on any atom is -0.496 e. The summed E-state index contributed by atoms with van der Waals surface area (Å²) >= 11 is 6.34. The summed E-state index contributed by atoms with van der Waals surface area (Å²) in [5.41, 5.74) is 3.46. The van der Waals surface area contributed by atoms with Gasteiger partial charge >= 0.3 is 0 Å². The van der Waals surface area contributed by atoms with Gasteiger partial charge in [-0.05, 0) is 49.1 Å². The molecule has 2 rings (SSSR count). The zero-order chi connectivity index (χ0) is 20.0. The molecule has 0 aliphatic heterocycles. The number of amides is 2. The van der Waals surface area contributed by atoms with E-state index in [0.29, 0.717) is 23.7 Å². The largest absolute Gasteiger partial charge is 0.496 e. The maximum absolute atomic E-state index is 12.4. The van der Waals surface area contributed by atoms with E-state index in [9.17, 15) is 9.59 Å². The van der Waals surface area contributed by atoms with Gasteiger partial charge in [-0.15, -0.1) is 0 Å². The third-order valence-corrected chi connectivity index (χ3v) is 4.55. The number of hydrogen-bond donors (Lipinski definition) is 1. The number of carbonyl (C=O) groups excluding carboxylic acids is 2. The van der Waals surface area contributed by atoms with Crippen molar-refractivity contribution in [3.8, 4) is 5.75 Å². The van der Waals surface area contributed by atoms with Gasteiger partial charge in [-0.1, -0.05) is 35.9 Å². The second-order valence-electron chi connectivity index (χ2n) is 6.43. The van der Waals surface area contributed by atoms with E-state index in [-0.39, 0.29) is 18.4 Å². The van der Waals surface area contributed by atoms with Crippen LogP contribution in [-0.2, 0) is 16.0 Å². The summed E-state index contributed by atoms with van der Waals surface area (Å²) in [7, 11) is 1.62. The minimum atomic E-state index is -0.240. The van der Waals surface area contributed by atoms with E-state index in [2.05, 4.69) is 5.32 Å². The Morgan fingerprint density at radius 1 is 1.19 bits per heavy atom. The number of aryl methyl sites for hydroxylation is 2. The lowest BCUT2D eigenvalue weighted by Crippen LogP contribution is -2.41. The number of methoxy groups -OCH3 is 1. The molecule has 0 saturated heterocycles. The van der Waals surface area contributed by atoms with Crippen LogP contribution in [0.25, 0.3) is 0 Å². The fourth-order valence-corrected chi connectivity index (χ4v) is 3.47. The molecule has 0 atom stereocenters. The lowest BCUT2D eigenvalue weighted by Gasteiger charge is -2.24. The lowest BCUT2D eigenvalue weighted by molar-refractivity contribution is -0.123. The molecule has 0 aromatic heterocycles. The summed E-state index contributed by atoms with van der Waals surface area (Å²) < 4.78 is 5.31. The number of carbonyl (C=O) groups is 2. The van der Waals surface area contributed by atoms with Crippen LogP contribution < -0.4 is 15.0 Å². The monoisotopic (exact) mass is 388 g/mol. The van der Waals surface area contributed by atoms with Crippen LogP contribution in [0, 0.1) is 13.8 Å². The Hall–Kier alpha value is -2.53. The Morgan fingerprint density at radius 2 is 1.89 bits per heavy atom. The summed E-state index contributed by atoms with van der Waals surface area (Å²) in [6.45, 7) is 5.61. The Balaban J connectivity index is 2.03. The molecule has 0 fully saturated rings. The van der Waals surface area contributed by atoms with Gasteiger partial charge in [-0.2, -0.15) is 0 Å². The van der Waals surface area contributed by atoms with Crippen LogP contribution in [0.4, 0.5) is 5.69 Å². The van der Waals surface area contributed by atoms with Gasteiger partial charge in [0.05, 0.1) is 17.8 Å². The van der Waals surface area contributed by atoms with E-state index in [1.54, 1.807) is 13.2 Å². The predicted molar refractivity (Wildman–Crippen MR) is 109 cm³/mol. The maximum atomic E-state index is 12.4. The zero-order valence-corrected chi connectivity index (χ0v) is 16.9. The zero-order valence-electron chi connectivity index (χ0n) is 16.1. The summed E-state index contributed by atoms with van der Waals surface area (Å²) in [5.74, 6) is 0.319. The molecule has 2 aromatic carbocycles. The first-order valence-electron chi connectivity index (χ1n) is 8.77. The second kappa shape index (κ2) is 9.42. The van der Waals surface area contributed by atoms with Crippen LogP contribution in [-0.4, -0.2) is 32.0 Å². The number of nitrogens with one attached hydrogen (secondary N) is 1. The first-order valence-corrected chi connectivity index (χ1v) is 9.14. The van der Waals surface area contributed by atoms with Gasteiger partial charge < -0.3 is 15.0 Å². The third-order valence-electron chi connectivity index (χ3n) is 4.26. The Bertz CT molecular complexity index is 813. The summed E-state index contributed by atoms with van der Waals surface area (Å²) in [5, 5.41) is 3.32. The van der Waals surface area contributed by atoms with E-state index in [1.165, 1.54) is 11.8 Å². The summed E-state index contributed by atoms with van der Waals surface area (Å²) in [6, 6.07) is 11.4. The molecule has 1 N–H and O–H groups in total. The molecule has 0 unspecified atom stereocenters. The highest BCUT2D eigenvalue weighted by molar-refractivity contribution is 6.34. The molecule has 2 amide bonds. The number of hydrogen-bond acceptors (Lipinski definition) is 3. The minimum absolute atomic E-state index is 0.0785. The van der Waals surface area contributed by atoms with E-state index in [0.717, 1.165) is 22.4 Å². The third kappa shape index (κ3) is 5.47. The summed E-state index contributed by atoms with van der Waals surface area (Å²) in [4.78, 5) is 25.9. The highest BCUT2D eigenvalue weighted by Crippen LogP contribution is 2.31. The van der Waals surface area contributed by atoms with Crippen molar-refractivity contribution in [3.63, 3.8) is 0 Å². The first kappa shape index (κ1) is 20.8. The molecule has 0 saturated carbocycles. The molecular formula is C21H25ClN2O3. The molecule has 0 heterocycles. The second-order valence-corrected chi connectivity index (χ2v) is 6.84. The molecule has 0 spiro atoms. The lowest BCUT2D eigenvalue weighted by atomic mass is 10.1. The molecule has 27 heavy (non-hydrogen) atoms. The fourth-order valence-electron chi connectivity index (χ4n) is 3.04. The van der Waals surface area contributed by atoms with Crippen molar-refractivity contribution < 1.29 is 14.3 Å². The van der Waals surface area contributed by atoms with Crippen molar-refractivity contribution >= 4 is 29.1 Å². The molecule has 2 aromatic rings. The molecule has 0 aliphatic rings. The normalized spacial score (nSPS) is 10.4. The van der Waals surface area contributed by atoms with Crippen molar-refractivity contribution in [2.45, 2.75) is 27.2 Å². The van der Waals surface area contributed by atoms with Crippen LogP contribution in [0.3, 0.4) is 0 Å². The average Bonchev–Trinajstić information content (AvgIpc) is 2.60. The number of ether oxygens (including phenoxy) is 1. The average molecular weight is 389 g/mol. The van der Waals surface area contributed by atoms with E-state index in [4.69, 9.17) is 16.3 Å². The standard InChI is InChI=1S/C21H25ClN2O3/c1-14-11-15(2)21(18(22)12-14)24(16(3)25)13-20(26)23-10-9-17-7-5-6-8-19(17)27-4/h5-8,11-12H,9-10,13H2,1-4H3,(H,23,26). The van der Waals surface area contributed by atoms with Gasteiger partial charge in [0.1, 0.15) is 12.3 Å². The van der Waals surface area contributed by atoms with Gasteiger partial charge in [-0.25, -0.2) is 0 Å². The molecule has 0 aliphatic carbocycles. The molecule has 0 bridgehead atoms. The van der Waals surface area contributed by atoms with E-state index in [1.807, 2.05) is 44.2 Å². The van der Waals surface area contributed by atoms with Crippen molar-refractivity contribution in [1.82, 2.24) is 5.32 Å². The van der Waals surface area contributed by atoms with Crippen LogP contribution in [0.15, 0.2) is 36.4 Å². The number of anilines is 1. The molecule has 5 nitrogen and oxygen atoms in total. The Kier molecular flexibility index (Phi) is 7.25. The van der Waals surface area contributed by atoms with E-state index < -0.39 is 0 Å². The Labute approximate surface area is 165 Å². The van der Waals surface area contributed by atoms with Crippen LogP contribution in [0.1, 0.15) is 23.6 Å². The van der Waals surface area contributed by atoms with Gasteiger partial charge in [0.25, 0.3) is 0 Å². The van der Waals surface area contributed by atoms with Crippen molar-refractivity contribution in [2.24, 2.45) is 0 Å². The van der Waals surface area contributed by atoms with Crippen LogP contribution in [0.2, 0.25) is 5.02 Å². The van der Waals surface area contributed by atoms with Crippen molar-refractivity contribution in [3.05, 3.63) is 58.1 Å². The van der Waals surface area contributed by atoms with Crippen LogP contribution in [0.5, 0.6) is 5.75 Å². The highest BCUT2D eigenvalue weighted by atomic mass is 35.5. The van der Waals surface area contributed by atoms with Crippen LogP contribution >= 0.6 is 11.6 Å². The quantitative estimate of drug-likeness (QED) is 0.787. The highest BCUT2D eigenvalue weighted by Gasteiger charge is 2.20. The molecule has 0 radical (unpaired) electrons. The number of nitrogens with zero attached hydrogens (tertiary/aromatic N) is 1. The molecular weight excluding hydrogens is 364 g/mol. The van der Waals surface area contributed by atoms with Gasteiger partial charge in [0.2, 0.25) is 11.8 Å². The number of para-hydroxylation sites is 1. The maximum Gasteiger partial charge on any atom is 0.240 e. The molecule has 6 heteroatoms. The number of halogens is 1. The number of benzene rings is 2. The SMILES string of the molecule is COc1ccccc1CCNC(=O)CN(C(C)=O)c1c(C)cc(C)cc1Cl. The number of rotatable bonds is 7. The van der Waals surface area contributed by atoms with E-state index >= 15 is 0 Å². The van der Waals surface area contributed by atoms with Crippen molar-refractivity contribution in [2.75, 3.05) is 25.1 Å². The predicted octanol–water partition coefficient (Wildman–Crippen LogP) is 3.68. The smallest absolute Gasteiger partial charge is 0.240 e. The fraction of sp³-hybridized carbons (Fsp3) is 0.333. The topological polar surface area (TPSA) is 58.6 Å². The van der Waals surface area contributed by atoms with Gasteiger partial charge in [0.15, 0.2) is 0 Å². The van der Waals surface area contributed by atoms with Crippen molar-refractivity contribution in [1.29, 1.82) is 0 Å². The Morgan fingerprint density at radius 3 is 2.52 bits per heavy atom. The molecule has 144 valence electrons. The first-order chi connectivity index (χ1) is 12.8. The van der Waals surface area contributed by atoms with Gasteiger partial charge in [-0.3, -0.25) is 9.59 Å².